The Morgan fingerprint density at radius 3 is 3.11 bits per heavy atom. The van der Waals surface area contributed by atoms with Crippen molar-refractivity contribution in [1.29, 1.82) is 0 Å². The number of hydrogen-bond acceptors (Lipinski definition) is 3. The van der Waals surface area contributed by atoms with Gasteiger partial charge in [0, 0.05) is 28.7 Å². The zero-order valence-electron chi connectivity index (χ0n) is 10.9. The SMILES string of the molecule is CC(CN)CS(=O)CCc1ccc2c(c1)CCO2. The second kappa shape index (κ2) is 6.34. The Kier molecular flexibility index (Phi) is 4.78. The molecule has 1 aromatic carbocycles. The summed E-state index contributed by atoms with van der Waals surface area (Å²) in [5.74, 6) is 2.80. The van der Waals surface area contributed by atoms with Gasteiger partial charge in [-0.2, -0.15) is 0 Å². The fraction of sp³-hybridized carbons (Fsp3) is 0.571. The van der Waals surface area contributed by atoms with Crippen LogP contribution < -0.4 is 10.5 Å². The molecule has 0 bridgehead atoms. The maximum absolute atomic E-state index is 11.9. The van der Waals surface area contributed by atoms with Crippen LogP contribution in [0, 0.1) is 5.92 Å². The largest absolute Gasteiger partial charge is 0.493 e. The number of aryl methyl sites for hydroxylation is 1. The molecular weight excluding hydrogens is 246 g/mol. The highest BCUT2D eigenvalue weighted by atomic mass is 32.2. The number of fused-ring (bicyclic) bond motifs is 1. The van der Waals surface area contributed by atoms with Crippen LogP contribution in [0.15, 0.2) is 18.2 Å². The molecule has 1 aliphatic rings. The van der Waals surface area contributed by atoms with Crippen LogP contribution >= 0.6 is 0 Å². The van der Waals surface area contributed by atoms with E-state index in [-0.39, 0.29) is 0 Å². The van der Waals surface area contributed by atoms with Gasteiger partial charge in [-0.05, 0) is 36.1 Å². The summed E-state index contributed by atoms with van der Waals surface area (Å²) < 4.78 is 17.3. The minimum absolute atomic E-state index is 0.347. The lowest BCUT2D eigenvalue weighted by Gasteiger charge is -2.08. The minimum Gasteiger partial charge on any atom is -0.493 e. The number of benzene rings is 1. The van der Waals surface area contributed by atoms with Crippen molar-refractivity contribution in [2.24, 2.45) is 11.7 Å². The molecular formula is C14H21NO2S. The van der Waals surface area contributed by atoms with Crippen molar-refractivity contribution >= 4 is 10.8 Å². The van der Waals surface area contributed by atoms with Crippen molar-refractivity contribution in [3.63, 3.8) is 0 Å². The fourth-order valence-corrected chi connectivity index (χ4v) is 3.50. The van der Waals surface area contributed by atoms with Crippen LogP contribution in [0.1, 0.15) is 18.1 Å². The second-order valence-electron chi connectivity index (χ2n) is 4.94. The van der Waals surface area contributed by atoms with Gasteiger partial charge in [0.1, 0.15) is 5.75 Å². The summed E-state index contributed by atoms with van der Waals surface area (Å²) in [4.78, 5) is 0. The minimum atomic E-state index is -0.760. The normalized spacial score (nSPS) is 17.0. The fourth-order valence-electron chi connectivity index (χ4n) is 2.10. The number of nitrogens with two attached hydrogens (primary N) is 1. The topological polar surface area (TPSA) is 52.3 Å². The van der Waals surface area contributed by atoms with Crippen molar-refractivity contribution in [3.05, 3.63) is 29.3 Å². The third-order valence-electron chi connectivity index (χ3n) is 3.25. The Morgan fingerprint density at radius 1 is 1.50 bits per heavy atom. The standard InChI is InChI=1S/C14H21NO2S/c1-11(9-15)10-18(16)7-5-12-2-3-14-13(8-12)4-6-17-14/h2-3,8,11H,4-7,9-10,15H2,1H3. The van der Waals surface area contributed by atoms with Gasteiger partial charge in [-0.1, -0.05) is 19.1 Å². The van der Waals surface area contributed by atoms with Crippen molar-refractivity contribution < 1.29 is 8.95 Å². The molecule has 4 heteroatoms. The van der Waals surface area contributed by atoms with Gasteiger partial charge in [-0.25, -0.2) is 0 Å². The van der Waals surface area contributed by atoms with Crippen molar-refractivity contribution in [3.8, 4) is 5.75 Å². The van der Waals surface area contributed by atoms with Gasteiger partial charge in [-0.3, -0.25) is 4.21 Å². The lowest BCUT2D eigenvalue weighted by molar-refractivity contribution is 0.357. The van der Waals surface area contributed by atoms with Crippen LogP contribution in [0.3, 0.4) is 0 Å². The first-order valence-electron chi connectivity index (χ1n) is 6.48. The lowest BCUT2D eigenvalue weighted by atomic mass is 10.1. The van der Waals surface area contributed by atoms with Crippen LogP contribution in [0.2, 0.25) is 0 Å². The van der Waals surface area contributed by atoms with E-state index in [1.807, 2.05) is 13.0 Å². The number of hydrogen-bond donors (Lipinski definition) is 1. The summed E-state index contributed by atoms with van der Waals surface area (Å²) in [5.41, 5.74) is 8.08. The average Bonchev–Trinajstić information content (AvgIpc) is 2.83. The first-order valence-corrected chi connectivity index (χ1v) is 7.97. The van der Waals surface area contributed by atoms with E-state index in [1.165, 1.54) is 11.1 Å². The summed E-state index contributed by atoms with van der Waals surface area (Å²) in [5, 5.41) is 0. The predicted octanol–water partition coefficient (Wildman–Crippen LogP) is 1.51. The molecule has 0 aliphatic carbocycles. The van der Waals surface area contributed by atoms with E-state index in [1.54, 1.807) is 0 Å². The molecule has 3 nitrogen and oxygen atoms in total. The first kappa shape index (κ1) is 13.6. The molecule has 18 heavy (non-hydrogen) atoms. The molecule has 1 aromatic rings. The van der Waals surface area contributed by atoms with Crippen LogP contribution in [-0.4, -0.2) is 28.9 Å². The van der Waals surface area contributed by atoms with Crippen molar-refractivity contribution in [2.45, 2.75) is 19.8 Å². The number of ether oxygens (including phenoxy) is 1. The molecule has 0 aromatic heterocycles. The zero-order chi connectivity index (χ0) is 13.0. The third kappa shape index (κ3) is 3.56. The second-order valence-corrected chi connectivity index (χ2v) is 6.56. The highest BCUT2D eigenvalue weighted by molar-refractivity contribution is 7.84. The van der Waals surface area contributed by atoms with Crippen LogP contribution in [0.4, 0.5) is 0 Å². The van der Waals surface area contributed by atoms with E-state index >= 15 is 0 Å². The van der Waals surface area contributed by atoms with E-state index in [0.717, 1.165) is 31.0 Å². The molecule has 0 saturated heterocycles. The Balaban J connectivity index is 1.85. The maximum atomic E-state index is 11.9. The van der Waals surface area contributed by atoms with Gasteiger partial charge in [-0.15, -0.1) is 0 Å². The molecule has 2 atom stereocenters. The molecule has 0 fully saturated rings. The Bertz CT molecular complexity index is 434. The molecule has 100 valence electrons. The van der Waals surface area contributed by atoms with E-state index in [9.17, 15) is 4.21 Å². The number of rotatable bonds is 6. The summed E-state index contributed by atoms with van der Waals surface area (Å²) in [6.07, 6.45) is 1.87. The van der Waals surface area contributed by atoms with Gasteiger partial charge in [0.05, 0.1) is 6.61 Å². The molecule has 2 N–H and O–H groups in total. The molecule has 0 radical (unpaired) electrons. The van der Waals surface area contributed by atoms with Gasteiger partial charge in [0.15, 0.2) is 0 Å². The summed E-state index contributed by atoms with van der Waals surface area (Å²) in [7, 11) is -0.760. The summed E-state index contributed by atoms with van der Waals surface area (Å²) >= 11 is 0. The monoisotopic (exact) mass is 267 g/mol. The third-order valence-corrected chi connectivity index (χ3v) is 4.85. The first-order chi connectivity index (χ1) is 8.69. The molecule has 2 rings (SSSR count). The summed E-state index contributed by atoms with van der Waals surface area (Å²) in [6.45, 7) is 3.45. The van der Waals surface area contributed by atoms with E-state index in [4.69, 9.17) is 10.5 Å². The molecule has 0 saturated carbocycles. The molecule has 1 heterocycles. The van der Waals surface area contributed by atoms with Crippen molar-refractivity contribution in [2.75, 3.05) is 24.7 Å². The predicted molar refractivity (Wildman–Crippen MR) is 75.4 cm³/mol. The van der Waals surface area contributed by atoms with Crippen LogP contribution in [0.25, 0.3) is 0 Å². The van der Waals surface area contributed by atoms with Gasteiger partial charge >= 0.3 is 0 Å². The Labute approximate surface area is 111 Å². The van der Waals surface area contributed by atoms with Gasteiger partial charge in [0.25, 0.3) is 0 Å². The molecule has 0 amide bonds. The summed E-state index contributed by atoms with van der Waals surface area (Å²) in [6, 6.07) is 6.29. The zero-order valence-corrected chi connectivity index (χ0v) is 11.7. The highest BCUT2D eigenvalue weighted by Gasteiger charge is 2.12. The average molecular weight is 267 g/mol. The van der Waals surface area contributed by atoms with E-state index < -0.39 is 10.8 Å². The Morgan fingerprint density at radius 2 is 2.33 bits per heavy atom. The molecule has 1 aliphatic heterocycles. The van der Waals surface area contributed by atoms with Gasteiger partial charge < -0.3 is 10.5 Å². The highest BCUT2D eigenvalue weighted by Crippen LogP contribution is 2.26. The van der Waals surface area contributed by atoms with Crippen LogP contribution in [0.5, 0.6) is 5.75 Å². The smallest absolute Gasteiger partial charge is 0.122 e. The molecule has 0 spiro atoms. The van der Waals surface area contributed by atoms with Gasteiger partial charge in [0.2, 0.25) is 0 Å². The van der Waals surface area contributed by atoms with E-state index in [0.29, 0.717) is 18.2 Å². The maximum Gasteiger partial charge on any atom is 0.122 e. The Hall–Kier alpha value is -0.870. The van der Waals surface area contributed by atoms with E-state index in [2.05, 4.69) is 12.1 Å². The molecule has 2 unspecified atom stereocenters. The lowest BCUT2D eigenvalue weighted by Crippen LogP contribution is -2.19. The van der Waals surface area contributed by atoms with Crippen LogP contribution in [-0.2, 0) is 23.6 Å². The quantitative estimate of drug-likeness (QED) is 0.850. The van der Waals surface area contributed by atoms with Crippen molar-refractivity contribution in [1.82, 2.24) is 0 Å².